The Morgan fingerprint density at radius 3 is 2.78 bits per heavy atom. The van der Waals surface area contributed by atoms with Crippen LogP contribution in [-0.2, 0) is 0 Å². The predicted octanol–water partition coefficient (Wildman–Crippen LogP) is 1.54. The molecule has 52 valence electrons. The first-order valence-corrected chi connectivity index (χ1v) is 3.44. The Morgan fingerprint density at radius 2 is 2.44 bits per heavy atom. The Kier molecular flexibility index (Phi) is 3.73. The molecule has 1 rings (SSSR count). The van der Waals surface area contributed by atoms with Crippen molar-refractivity contribution in [1.82, 2.24) is 4.90 Å². The average molecular weight is 165 g/mol. The van der Waals surface area contributed by atoms with Crippen molar-refractivity contribution in [3.63, 3.8) is 0 Å². The van der Waals surface area contributed by atoms with Crippen LogP contribution in [0.1, 0.15) is 0 Å². The van der Waals surface area contributed by atoms with Crippen molar-refractivity contribution >= 4 is 30.0 Å². The molecule has 0 fully saturated rings. The molecule has 1 aliphatic rings. The summed E-state index contributed by atoms with van der Waals surface area (Å²) in [7, 11) is 1.89. The molecule has 1 heterocycles. The van der Waals surface area contributed by atoms with Gasteiger partial charge in [0, 0.05) is 13.2 Å². The number of halogens is 1. The standard InChI is InChI=1S/C5H8N2S.ClH/c1-7-2-3-8-4-5(7)6;/h2-3,6H,4H2,1H3;1H. The Balaban J connectivity index is 0.000000640. The lowest BCUT2D eigenvalue weighted by Gasteiger charge is -2.17. The average Bonchev–Trinajstić information content (AvgIpc) is 1.77. The second-order valence-electron chi connectivity index (χ2n) is 1.65. The first-order chi connectivity index (χ1) is 3.80. The number of amidine groups is 1. The van der Waals surface area contributed by atoms with E-state index in [1.165, 1.54) is 0 Å². The minimum atomic E-state index is 0. The summed E-state index contributed by atoms with van der Waals surface area (Å²) in [6, 6.07) is 0. The lowest BCUT2D eigenvalue weighted by Crippen LogP contribution is -2.23. The molecule has 0 bridgehead atoms. The molecule has 0 aromatic rings. The normalized spacial score (nSPS) is 17.4. The SMILES string of the molecule is CN1C=CSCC1=N.Cl. The molecule has 1 N–H and O–H groups in total. The molecule has 2 nitrogen and oxygen atoms in total. The Morgan fingerprint density at radius 1 is 1.78 bits per heavy atom. The third-order valence-electron chi connectivity index (χ3n) is 1.03. The van der Waals surface area contributed by atoms with E-state index in [0.29, 0.717) is 5.84 Å². The highest BCUT2D eigenvalue weighted by Gasteiger charge is 2.03. The van der Waals surface area contributed by atoms with Crippen LogP contribution in [0.15, 0.2) is 11.6 Å². The van der Waals surface area contributed by atoms with Gasteiger partial charge in [0.1, 0.15) is 5.84 Å². The number of nitrogens with one attached hydrogen (secondary N) is 1. The topological polar surface area (TPSA) is 27.1 Å². The first kappa shape index (κ1) is 8.85. The highest BCUT2D eigenvalue weighted by atomic mass is 35.5. The molecule has 0 spiro atoms. The van der Waals surface area contributed by atoms with Crippen LogP contribution < -0.4 is 0 Å². The minimum absolute atomic E-state index is 0. The van der Waals surface area contributed by atoms with Gasteiger partial charge in [-0.05, 0) is 5.41 Å². The highest BCUT2D eigenvalue weighted by Crippen LogP contribution is 2.09. The molecule has 0 unspecified atom stereocenters. The highest BCUT2D eigenvalue weighted by molar-refractivity contribution is 8.02. The minimum Gasteiger partial charge on any atom is -0.339 e. The summed E-state index contributed by atoms with van der Waals surface area (Å²) in [4.78, 5) is 1.82. The molecule has 0 saturated carbocycles. The van der Waals surface area contributed by atoms with Gasteiger partial charge in [-0.25, -0.2) is 0 Å². The summed E-state index contributed by atoms with van der Waals surface area (Å²) in [6.07, 6.45) is 1.90. The van der Waals surface area contributed by atoms with Gasteiger partial charge in [-0.15, -0.1) is 24.2 Å². The van der Waals surface area contributed by atoms with Crippen molar-refractivity contribution in [2.24, 2.45) is 0 Å². The lowest BCUT2D eigenvalue weighted by atomic mass is 10.6. The molecular weight excluding hydrogens is 156 g/mol. The van der Waals surface area contributed by atoms with Crippen LogP contribution in [0.25, 0.3) is 0 Å². The van der Waals surface area contributed by atoms with Crippen molar-refractivity contribution in [3.05, 3.63) is 11.6 Å². The molecule has 1 aliphatic heterocycles. The molecule has 0 aromatic heterocycles. The van der Waals surface area contributed by atoms with Crippen molar-refractivity contribution in [1.29, 1.82) is 5.41 Å². The van der Waals surface area contributed by atoms with E-state index in [2.05, 4.69) is 0 Å². The van der Waals surface area contributed by atoms with Crippen LogP contribution in [0.2, 0.25) is 0 Å². The maximum atomic E-state index is 7.25. The third-order valence-corrected chi connectivity index (χ3v) is 1.78. The van der Waals surface area contributed by atoms with E-state index in [9.17, 15) is 0 Å². The fourth-order valence-electron chi connectivity index (χ4n) is 0.453. The van der Waals surface area contributed by atoms with Gasteiger partial charge in [-0.1, -0.05) is 0 Å². The summed E-state index contributed by atoms with van der Waals surface area (Å²) in [5.74, 6) is 1.49. The first-order valence-electron chi connectivity index (χ1n) is 2.39. The van der Waals surface area contributed by atoms with Crippen molar-refractivity contribution in [2.75, 3.05) is 12.8 Å². The molecule has 0 saturated heterocycles. The second kappa shape index (κ2) is 3.80. The smallest absolute Gasteiger partial charge is 0.110 e. The summed E-state index contributed by atoms with van der Waals surface area (Å²) < 4.78 is 0. The molecule has 0 amide bonds. The molecule has 0 atom stereocenters. The van der Waals surface area contributed by atoms with E-state index in [0.717, 1.165) is 5.75 Å². The van der Waals surface area contributed by atoms with Gasteiger partial charge < -0.3 is 4.90 Å². The van der Waals surface area contributed by atoms with E-state index in [1.807, 2.05) is 23.6 Å². The van der Waals surface area contributed by atoms with Crippen molar-refractivity contribution < 1.29 is 0 Å². The van der Waals surface area contributed by atoms with Gasteiger partial charge >= 0.3 is 0 Å². The molecular formula is C5H9ClN2S. The van der Waals surface area contributed by atoms with Gasteiger partial charge in [0.05, 0.1) is 5.75 Å². The summed E-state index contributed by atoms with van der Waals surface area (Å²) in [6.45, 7) is 0. The molecule has 4 heteroatoms. The van der Waals surface area contributed by atoms with Crippen molar-refractivity contribution in [2.45, 2.75) is 0 Å². The monoisotopic (exact) mass is 164 g/mol. The second-order valence-corrected chi connectivity index (χ2v) is 2.55. The fraction of sp³-hybridized carbons (Fsp3) is 0.400. The number of hydrogen-bond acceptors (Lipinski definition) is 2. The zero-order valence-electron chi connectivity index (χ0n) is 5.13. The van der Waals surface area contributed by atoms with Gasteiger partial charge in [-0.2, -0.15) is 0 Å². The maximum Gasteiger partial charge on any atom is 0.110 e. The van der Waals surface area contributed by atoms with E-state index in [-0.39, 0.29) is 12.4 Å². The molecule has 0 aromatic carbocycles. The largest absolute Gasteiger partial charge is 0.339 e. The lowest BCUT2D eigenvalue weighted by molar-refractivity contribution is 0.678. The zero-order valence-corrected chi connectivity index (χ0v) is 6.76. The van der Waals surface area contributed by atoms with Crippen LogP contribution in [0.4, 0.5) is 0 Å². The Labute approximate surface area is 65.2 Å². The van der Waals surface area contributed by atoms with Gasteiger partial charge in [0.25, 0.3) is 0 Å². The number of rotatable bonds is 0. The number of thioether (sulfide) groups is 1. The third kappa shape index (κ3) is 2.28. The fourth-order valence-corrected chi connectivity index (χ4v) is 1.18. The zero-order chi connectivity index (χ0) is 5.98. The Bertz CT molecular complexity index is 135. The number of hydrogen-bond donors (Lipinski definition) is 1. The summed E-state index contributed by atoms with van der Waals surface area (Å²) >= 11 is 1.66. The summed E-state index contributed by atoms with van der Waals surface area (Å²) in [5.41, 5.74) is 0. The van der Waals surface area contributed by atoms with Crippen LogP contribution in [0.3, 0.4) is 0 Å². The molecule has 9 heavy (non-hydrogen) atoms. The van der Waals surface area contributed by atoms with Gasteiger partial charge in [0.2, 0.25) is 0 Å². The van der Waals surface area contributed by atoms with Crippen LogP contribution in [-0.4, -0.2) is 23.5 Å². The quantitative estimate of drug-likeness (QED) is 0.588. The van der Waals surface area contributed by atoms with Crippen LogP contribution >= 0.6 is 24.2 Å². The van der Waals surface area contributed by atoms with E-state index in [4.69, 9.17) is 5.41 Å². The Hall–Kier alpha value is -0.150. The van der Waals surface area contributed by atoms with Crippen LogP contribution in [0, 0.1) is 5.41 Å². The van der Waals surface area contributed by atoms with E-state index < -0.39 is 0 Å². The summed E-state index contributed by atoms with van der Waals surface area (Å²) in [5, 5.41) is 9.25. The van der Waals surface area contributed by atoms with E-state index >= 15 is 0 Å². The van der Waals surface area contributed by atoms with E-state index in [1.54, 1.807) is 11.8 Å². The predicted molar refractivity (Wildman–Crippen MR) is 44.3 cm³/mol. The van der Waals surface area contributed by atoms with Crippen molar-refractivity contribution in [3.8, 4) is 0 Å². The molecule has 0 aliphatic carbocycles. The number of nitrogens with zero attached hydrogens (tertiary/aromatic N) is 1. The van der Waals surface area contributed by atoms with Crippen LogP contribution in [0.5, 0.6) is 0 Å². The van der Waals surface area contributed by atoms with Gasteiger partial charge in [0.15, 0.2) is 0 Å². The van der Waals surface area contributed by atoms with Gasteiger partial charge in [-0.3, -0.25) is 5.41 Å². The maximum absolute atomic E-state index is 7.25. The molecule has 0 radical (unpaired) electrons.